The Balaban J connectivity index is 1.15. The Morgan fingerprint density at radius 3 is 1.39 bits per heavy atom. The highest BCUT2D eigenvalue weighted by atomic mass is 19.1. The van der Waals surface area contributed by atoms with Gasteiger partial charge in [0.15, 0.2) is 0 Å². The summed E-state index contributed by atoms with van der Waals surface area (Å²) in [6, 6.07) is 35.6. The second kappa shape index (κ2) is 13.1. The zero-order chi connectivity index (χ0) is 30.3. The van der Waals surface area contributed by atoms with Crippen molar-refractivity contribution < 1.29 is 23.0 Å². The monoisotopic (exact) mass is 584 g/mol. The first kappa shape index (κ1) is 28.4. The molecule has 0 fully saturated rings. The third-order valence-electron chi connectivity index (χ3n) is 7.09. The molecule has 4 aromatic carbocycles. The van der Waals surface area contributed by atoms with Gasteiger partial charge in [0.1, 0.15) is 11.6 Å². The van der Waals surface area contributed by atoms with Gasteiger partial charge in [0.25, 0.3) is 0 Å². The second-order valence-electron chi connectivity index (χ2n) is 10.1. The topological polar surface area (TPSA) is 61.3 Å². The van der Waals surface area contributed by atoms with E-state index >= 15 is 0 Å². The molecule has 2 aromatic heterocycles. The van der Waals surface area contributed by atoms with Crippen molar-refractivity contribution in [2.24, 2.45) is 0 Å². The lowest BCUT2D eigenvalue weighted by Gasteiger charge is -2.12. The highest BCUT2D eigenvalue weighted by Gasteiger charge is 2.17. The van der Waals surface area contributed by atoms with Crippen LogP contribution >= 0.6 is 0 Å². The Morgan fingerprint density at radius 1 is 0.545 bits per heavy atom. The van der Waals surface area contributed by atoms with Gasteiger partial charge in [-0.3, -0.25) is 0 Å². The van der Waals surface area contributed by atoms with Crippen molar-refractivity contribution in [2.45, 2.75) is 12.8 Å². The standard InChI is InChI=1S/C37H26F2N2O3/c38-33-23-25(15-17-31(33)27-9-3-1-4-10-27)21-29-13-7-19-40-35(29)43-37(42)44-36-30(14-8-20-41-36)22-26-16-18-32(34(39)24-26)28-11-5-2-6-12-28/h1-20,23-24H,21-22H2. The van der Waals surface area contributed by atoms with Crippen LogP contribution in [0.5, 0.6) is 11.8 Å². The maximum absolute atomic E-state index is 15.0. The average Bonchev–Trinajstić information content (AvgIpc) is 3.04. The normalized spacial score (nSPS) is 10.8. The minimum absolute atomic E-state index is 0.0427. The van der Waals surface area contributed by atoms with Gasteiger partial charge in [-0.15, -0.1) is 0 Å². The predicted molar refractivity (Wildman–Crippen MR) is 164 cm³/mol. The lowest BCUT2D eigenvalue weighted by atomic mass is 10.00. The van der Waals surface area contributed by atoms with Crippen molar-refractivity contribution in [2.75, 3.05) is 0 Å². The summed E-state index contributed by atoms with van der Waals surface area (Å²) in [6.07, 6.45) is 2.51. The summed E-state index contributed by atoms with van der Waals surface area (Å²) < 4.78 is 40.8. The Hall–Kier alpha value is -5.69. The highest BCUT2D eigenvalue weighted by Crippen LogP contribution is 2.28. The second-order valence-corrected chi connectivity index (χ2v) is 10.1. The molecule has 0 radical (unpaired) electrons. The largest absolute Gasteiger partial charge is 0.522 e. The summed E-state index contributed by atoms with van der Waals surface area (Å²) in [5.41, 5.74) is 5.10. The molecule has 5 nitrogen and oxygen atoms in total. The Morgan fingerprint density at radius 2 is 0.977 bits per heavy atom. The zero-order valence-electron chi connectivity index (χ0n) is 23.5. The number of hydrogen-bond acceptors (Lipinski definition) is 5. The van der Waals surface area contributed by atoms with Crippen LogP contribution < -0.4 is 9.47 Å². The molecule has 0 aliphatic rings. The molecule has 216 valence electrons. The van der Waals surface area contributed by atoms with Crippen LogP contribution in [0.3, 0.4) is 0 Å². The molecule has 0 bridgehead atoms. The molecule has 0 unspecified atom stereocenters. The number of nitrogens with zero attached hydrogens (tertiary/aromatic N) is 2. The minimum Gasteiger partial charge on any atom is -0.375 e. The van der Waals surface area contributed by atoms with E-state index in [0.717, 1.165) is 11.1 Å². The summed E-state index contributed by atoms with van der Waals surface area (Å²) in [6.45, 7) is 0. The van der Waals surface area contributed by atoms with Gasteiger partial charge < -0.3 is 9.47 Å². The first-order valence-corrected chi connectivity index (χ1v) is 14.0. The Labute approximate surface area is 253 Å². The van der Waals surface area contributed by atoms with Crippen LogP contribution in [-0.4, -0.2) is 16.1 Å². The molecule has 0 N–H and O–H groups in total. The molecule has 44 heavy (non-hydrogen) atoms. The van der Waals surface area contributed by atoms with Crippen molar-refractivity contribution in [3.63, 3.8) is 0 Å². The van der Waals surface area contributed by atoms with Gasteiger partial charge in [-0.1, -0.05) is 97.1 Å². The maximum atomic E-state index is 15.0. The average molecular weight is 585 g/mol. The van der Waals surface area contributed by atoms with Crippen LogP contribution in [0.15, 0.2) is 134 Å². The molecule has 7 heteroatoms. The highest BCUT2D eigenvalue weighted by molar-refractivity contribution is 5.68. The SMILES string of the molecule is O=C(Oc1ncccc1Cc1ccc(-c2ccccc2)c(F)c1)Oc1ncccc1Cc1ccc(-c2ccccc2)c(F)c1. The Bertz CT molecular complexity index is 1780. The summed E-state index contributed by atoms with van der Waals surface area (Å²) >= 11 is 0. The summed E-state index contributed by atoms with van der Waals surface area (Å²) in [5, 5.41) is 0. The molecule has 0 amide bonds. The molecule has 6 aromatic rings. The minimum atomic E-state index is -1.03. The van der Waals surface area contributed by atoms with Crippen LogP contribution in [0.2, 0.25) is 0 Å². The predicted octanol–water partition coefficient (Wildman–Crippen LogP) is 8.85. The van der Waals surface area contributed by atoms with E-state index in [-0.39, 0.29) is 36.2 Å². The molecular weight excluding hydrogens is 558 g/mol. The van der Waals surface area contributed by atoms with Crippen LogP contribution in [0.25, 0.3) is 22.3 Å². The molecule has 0 saturated carbocycles. The lowest BCUT2D eigenvalue weighted by molar-refractivity contribution is 0.147. The number of hydrogen-bond donors (Lipinski definition) is 0. The molecule has 0 saturated heterocycles. The van der Waals surface area contributed by atoms with Gasteiger partial charge in [0.05, 0.1) is 0 Å². The smallest absolute Gasteiger partial charge is 0.375 e. The fraction of sp³-hybridized carbons (Fsp3) is 0.0541. The molecule has 0 aliphatic heterocycles. The number of halogens is 2. The first-order valence-electron chi connectivity index (χ1n) is 14.0. The van der Waals surface area contributed by atoms with Crippen molar-refractivity contribution >= 4 is 6.16 Å². The number of aromatic nitrogens is 2. The van der Waals surface area contributed by atoms with Crippen molar-refractivity contribution in [3.05, 3.63) is 168 Å². The fourth-order valence-corrected chi connectivity index (χ4v) is 4.96. The summed E-state index contributed by atoms with van der Waals surface area (Å²) in [4.78, 5) is 21.3. The van der Waals surface area contributed by atoms with Crippen LogP contribution in [-0.2, 0) is 12.8 Å². The number of benzene rings is 4. The van der Waals surface area contributed by atoms with Crippen molar-refractivity contribution in [3.8, 4) is 34.0 Å². The summed E-state index contributed by atoms with van der Waals surface area (Å²) in [7, 11) is 0. The molecular formula is C37H26F2N2O3. The number of carbonyl (C=O) groups excluding carboxylic acids is 1. The fourth-order valence-electron chi connectivity index (χ4n) is 4.96. The van der Waals surface area contributed by atoms with E-state index in [4.69, 9.17) is 9.47 Å². The molecule has 6 rings (SSSR count). The molecule has 2 heterocycles. The van der Waals surface area contributed by atoms with Crippen molar-refractivity contribution in [1.82, 2.24) is 9.97 Å². The van der Waals surface area contributed by atoms with Crippen molar-refractivity contribution in [1.29, 1.82) is 0 Å². The van der Waals surface area contributed by atoms with E-state index in [0.29, 0.717) is 33.4 Å². The van der Waals surface area contributed by atoms with Crippen LogP contribution in [0.4, 0.5) is 13.6 Å². The van der Waals surface area contributed by atoms with E-state index in [9.17, 15) is 13.6 Å². The van der Waals surface area contributed by atoms with E-state index in [1.807, 2.05) is 72.8 Å². The van der Waals surface area contributed by atoms with E-state index < -0.39 is 6.16 Å². The molecule has 0 atom stereocenters. The van der Waals surface area contributed by atoms with Crippen LogP contribution in [0, 0.1) is 11.6 Å². The van der Waals surface area contributed by atoms with E-state index in [1.165, 1.54) is 24.5 Å². The third-order valence-corrected chi connectivity index (χ3v) is 7.09. The first-order chi connectivity index (χ1) is 21.5. The molecule has 0 spiro atoms. The van der Waals surface area contributed by atoms with Gasteiger partial charge >= 0.3 is 6.16 Å². The number of ether oxygens (including phenoxy) is 2. The number of carbonyl (C=O) groups is 1. The van der Waals surface area contributed by atoms with Crippen LogP contribution in [0.1, 0.15) is 22.3 Å². The number of rotatable bonds is 8. The van der Waals surface area contributed by atoms with Gasteiger partial charge in [0.2, 0.25) is 11.8 Å². The summed E-state index contributed by atoms with van der Waals surface area (Å²) in [5.74, 6) is -0.615. The van der Waals surface area contributed by atoms with Gasteiger partial charge in [-0.2, -0.15) is 0 Å². The van der Waals surface area contributed by atoms with Gasteiger partial charge in [-0.25, -0.2) is 23.5 Å². The third kappa shape index (κ3) is 6.68. The quantitative estimate of drug-likeness (QED) is 0.167. The van der Waals surface area contributed by atoms with Gasteiger partial charge in [-0.05, 0) is 46.5 Å². The van der Waals surface area contributed by atoms with Gasteiger partial charge in [0, 0.05) is 47.5 Å². The Kier molecular flexibility index (Phi) is 8.46. The van der Waals surface area contributed by atoms with E-state index in [1.54, 1.807) is 36.4 Å². The zero-order valence-corrected chi connectivity index (χ0v) is 23.5. The lowest BCUT2D eigenvalue weighted by Crippen LogP contribution is -2.17. The molecule has 0 aliphatic carbocycles. The van der Waals surface area contributed by atoms with E-state index in [2.05, 4.69) is 9.97 Å². The maximum Gasteiger partial charge on any atom is 0.522 e. The number of pyridine rings is 2.